The van der Waals surface area contributed by atoms with E-state index < -0.39 is 10.0 Å². The number of rotatable bonds is 8. The van der Waals surface area contributed by atoms with Crippen LogP contribution in [-0.4, -0.2) is 75.0 Å². The Bertz CT molecular complexity index is 1260. The normalized spacial score (nSPS) is 15.4. The summed E-state index contributed by atoms with van der Waals surface area (Å²) in [7, 11) is 0.377. The van der Waals surface area contributed by atoms with Crippen LogP contribution in [0.15, 0.2) is 52.3 Å². The molecule has 0 unspecified atom stereocenters. The van der Waals surface area contributed by atoms with Gasteiger partial charge in [-0.1, -0.05) is 24.2 Å². The number of thioether (sulfide) groups is 1. The maximum absolute atomic E-state index is 13.6. The summed E-state index contributed by atoms with van der Waals surface area (Å²) in [6.07, 6.45) is 5.93. The van der Waals surface area contributed by atoms with Crippen LogP contribution >= 0.6 is 23.1 Å². The molecule has 7 nitrogen and oxygen atoms in total. The number of likely N-dealkylation sites (N-methyl/N-ethyl adjacent to an activating group) is 1. The lowest BCUT2D eigenvalue weighted by molar-refractivity contribution is 0.0985. The van der Waals surface area contributed by atoms with Crippen molar-refractivity contribution >= 4 is 54.4 Å². The molecule has 4 rings (SSSR count). The molecule has 0 N–H and O–H groups in total. The van der Waals surface area contributed by atoms with E-state index in [1.54, 1.807) is 45.2 Å². The van der Waals surface area contributed by atoms with E-state index in [0.717, 1.165) is 40.8 Å². The van der Waals surface area contributed by atoms with Crippen molar-refractivity contribution in [2.75, 3.05) is 51.4 Å². The summed E-state index contributed by atoms with van der Waals surface area (Å²) in [6, 6.07) is 12.5. The summed E-state index contributed by atoms with van der Waals surface area (Å²) < 4.78 is 28.9. The highest BCUT2D eigenvalue weighted by atomic mass is 32.2. The average Bonchev–Trinajstić information content (AvgIpc) is 3.06. The van der Waals surface area contributed by atoms with Crippen LogP contribution in [0.3, 0.4) is 0 Å². The van der Waals surface area contributed by atoms with Crippen molar-refractivity contribution in [1.29, 1.82) is 0 Å². The average molecular weight is 533 g/mol. The molecule has 0 aliphatic carbocycles. The first kappa shape index (κ1) is 26.1. The van der Waals surface area contributed by atoms with Gasteiger partial charge < -0.3 is 4.90 Å². The second-order valence-corrected chi connectivity index (χ2v) is 12.8. The summed E-state index contributed by atoms with van der Waals surface area (Å²) in [6.45, 7) is 2.27. The number of amides is 1. The van der Waals surface area contributed by atoms with E-state index in [0.29, 0.717) is 36.9 Å². The Morgan fingerprint density at radius 1 is 1.03 bits per heavy atom. The highest BCUT2D eigenvalue weighted by Crippen LogP contribution is 2.32. The fourth-order valence-electron chi connectivity index (χ4n) is 4.08. The second-order valence-electron chi connectivity index (χ2n) is 8.93. The number of aromatic nitrogens is 1. The lowest BCUT2D eigenvalue weighted by Gasteiger charge is -2.22. The number of nitrogens with zero attached hydrogens (tertiary/aromatic N) is 4. The quantitative estimate of drug-likeness (QED) is 0.389. The van der Waals surface area contributed by atoms with Crippen LogP contribution in [0.25, 0.3) is 10.2 Å². The van der Waals surface area contributed by atoms with Gasteiger partial charge in [-0.25, -0.2) is 13.4 Å². The Labute approximate surface area is 216 Å². The number of thiazole rings is 1. The molecule has 1 fully saturated rings. The number of sulfonamides is 1. The Morgan fingerprint density at radius 3 is 2.34 bits per heavy atom. The van der Waals surface area contributed by atoms with Crippen molar-refractivity contribution < 1.29 is 13.2 Å². The predicted octanol–water partition coefficient (Wildman–Crippen LogP) is 4.79. The molecule has 0 bridgehead atoms. The van der Waals surface area contributed by atoms with Gasteiger partial charge in [-0.15, -0.1) is 11.8 Å². The maximum Gasteiger partial charge on any atom is 0.260 e. The molecular weight excluding hydrogens is 501 g/mol. The Kier molecular flexibility index (Phi) is 8.49. The molecule has 0 saturated carbocycles. The van der Waals surface area contributed by atoms with Gasteiger partial charge in [0.2, 0.25) is 10.0 Å². The van der Waals surface area contributed by atoms with Crippen LogP contribution < -0.4 is 4.90 Å². The van der Waals surface area contributed by atoms with E-state index >= 15 is 0 Å². The molecule has 0 atom stereocenters. The molecule has 188 valence electrons. The van der Waals surface area contributed by atoms with Crippen molar-refractivity contribution in [3.8, 4) is 0 Å². The largest absolute Gasteiger partial charge is 0.308 e. The summed E-state index contributed by atoms with van der Waals surface area (Å²) >= 11 is 3.17. The zero-order chi connectivity index (χ0) is 25.0. The summed E-state index contributed by atoms with van der Waals surface area (Å²) in [5.74, 6) is -0.185. The van der Waals surface area contributed by atoms with Crippen LogP contribution in [0.1, 0.15) is 36.0 Å². The smallest absolute Gasteiger partial charge is 0.260 e. The van der Waals surface area contributed by atoms with E-state index in [-0.39, 0.29) is 10.8 Å². The third-order valence-electron chi connectivity index (χ3n) is 6.14. The molecule has 1 saturated heterocycles. The molecular formula is C25H32N4O3S3. The molecule has 0 spiro atoms. The van der Waals surface area contributed by atoms with Gasteiger partial charge in [-0.2, -0.15) is 4.31 Å². The standard InChI is InChI=1S/C25H32N4O3S3/c1-27(2)16-17-29(25-26-22-13-10-20(33-3)18-23(22)34-25)24(30)19-8-11-21(12-9-19)35(31,32)28-14-6-4-5-7-15-28/h8-13,18H,4-7,14-17H2,1-3H3. The van der Waals surface area contributed by atoms with Crippen molar-refractivity contribution in [3.63, 3.8) is 0 Å². The highest BCUT2D eigenvalue weighted by molar-refractivity contribution is 7.98. The monoisotopic (exact) mass is 532 g/mol. The number of anilines is 1. The van der Waals surface area contributed by atoms with Crippen molar-refractivity contribution in [2.45, 2.75) is 35.5 Å². The zero-order valence-corrected chi connectivity index (χ0v) is 22.9. The van der Waals surface area contributed by atoms with E-state index in [2.05, 4.69) is 6.07 Å². The highest BCUT2D eigenvalue weighted by Gasteiger charge is 2.26. The fourth-order valence-corrected chi connectivity index (χ4v) is 7.14. The molecule has 3 aromatic rings. The van der Waals surface area contributed by atoms with Gasteiger partial charge in [-0.05, 0) is 75.7 Å². The number of fused-ring (bicyclic) bond motifs is 1. The van der Waals surface area contributed by atoms with E-state index in [4.69, 9.17) is 4.98 Å². The summed E-state index contributed by atoms with van der Waals surface area (Å²) in [5.41, 5.74) is 1.31. The first-order chi connectivity index (χ1) is 16.8. The first-order valence-electron chi connectivity index (χ1n) is 11.8. The zero-order valence-electron chi connectivity index (χ0n) is 20.4. The van der Waals surface area contributed by atoms with Crippen LogP contribution in [0.2, 0.25) is 0 Å². The molecule has 1 aliphatic rings. The Balaban J connectivity index is 1.60. The molecule has 2 heterocycles. The van der Waals surface area contributed by atoms with Gasteiger partial charge in [0, 0.05) is 36.6 Å². The van der Waals surface area contributed by atoms with Crippen LogP contribution in [0, 0.1) is 0 Å². The van der Waals surface area contributed by atoms with Gasteiger partial charge in [0.15, 0.2) is 5.13 Å². The second kappa shape index (κ2) is 11.4. The fraction of sp³-hybridized carbons (Fsp3) is 0.440. The van der Waals surface area contributed by atoms with Gasteiger partial charge in [0.25, 0.3) is 5.91 Å². The van der Waals surface area contributed by atoms with E-state index in [9.17, 15) is 13.2 Å². The predicted molar refractivity (Wildman–Crippen MR) is 145 cm³/mol. The van der Waals surface area contributed by atoms with Crippen molar-refractivity contribution in [2.24, 2.45) is 0 Å². The molecule has 35 heavy (non-hydrogen) atoms. The maximum atomic E-state index is 13.6. The number of hydrogen-bond acceptors (Lipinski definition) is 7. The summed E-state index contributed by atoms with van der Waals surface area (Å²) in [4.78, 5) is 23.4. The Hall–Kier alpha value is -1.98. The van der Waals surface area contributed by atoms with Crippen molar-refractivity contribution in [1.82, 2.24) is 14.2 Å². The third-order valence-corrected chi connectivity index (χ3v) is 9.81. The van der Waals surface area contributed by atoms with Crippen LogP contribution in [0.4, 0.5) is 5.13 Å². The molecule has 2 aromatic carbocycles. The summed E-state index contributed by atoms with van der Waals surface area (Å²) in [5, 5.41) is 0.645. The van der Waals surface area contributed by atoms with Crippen molar-refractivity contribution in [3.05, 3.63) is 48.0 Å². The number of benzene rings is 2. The molecule has 1 aliphatic heterocycles. The Morgan fingerprint density at radius 2 is 1.71 bits per heavy atom. The number of carbonyl (C=O) groups excluding carboxylic acids is 1. The molecule has 0 radical (unpaired) electrons. The molecule has 1 amide bonds. The lowest BCUT2D eigenvalue weighted by Crippen LogP contribution is -2.36. The van der Waals surface area contributed by atoms with E-state index in [1.165, 1.54) is 11.3 Å². The lowest BCUT2D eigenvalue weighted by atomic mass is 10.2. The number of carbonyl (C=O) groups is 1. The number of hydrogen-bond donors (Lipinski definition) is 0. The topological polar surface area (TPSA) is 73.8 Å². The molecule has 1 aromatic heterocycles. The minimum atomic E-state index is -3.56. The van der Waals surface area contributed by atoms with Crippen LogP contribution in [0.5, 0.6) is 0 Å². The van der Waals surface area contributed by atoms with Crippen LogP contribution in [-0.2, 0) is 10.0 Å². The SMILES string of the molecule is CSc1ccc2nc(N(CCN(C)C)C(=O)c3ccc(S(=O)(=O)N4CCCCCC4)cc3)sc2c1. The van der Waals surface area contributed by atoms with Gasteiger partial charge in [0.05, 0.1) is 15.1 Å². The molecule has 10 heteroatoms. The van der Waals surface area contributed by atoms with E-state index in [1.807, 2.05) is 37.4 Å². The van der Waals surface area contributed by atoms with Gasteiger partial charge >= 0.3 is 0 Å². The van der Waals surface area contributed by atoms with Gasteiger partial charge in [0.1, 0.15) is 0 Å². The minimum absolute atomic E-state index is 0.185. The minimum Gasteiger partial charge on any atom is -0.308 e. The first-order valence-corrected chi connectivity index (χ1v) is 15.3. The van der Waals surface area contributed by atoms with Gasteiger partial charge in [-0.3, -0.25) is 9.69 Å². The third kappa shape index (κ3) is 6.06.